The van der Waals surface area contributed by atoms with Crippen molar-refractivity contribution < 1.29 is 14.3 Å². The Morgan fingerprint density at radius 3 is 2.67 bits per heavy atom. The first-order valence-electron chi connectivity index (χ1n) is 12.8. The summed E-state index contributed by atoms with van der Waals surface area (Å²) in [7, 11) is 1.69. The molecule has 5 rings (SSSR count). The van der Waals surface area contributed by atoms with Crippen LogP contribution in [0.2, 0.25) is 0 Å². The fourth-order valence-corrected chi connectivity index (χ4v) is 5.71. The van der Waals surface area contributed by atoms with Gasteiger partial charge in [-0.25, -0.2) is 4.98 Å². The van der Waals surface area contributed by atoms with Crippen LogP contribution in [0.4, 0.5) is 5.82 Å². The van der Waals surface area contributed by atoms with Crippen LogP contribution in [0.15, 0.2) is 24.3 Å². The lowest BCUT2D eigenvalue weighted by Crippen LogP contribution is -2.38. The van der Waals surface area contributed by atoms with Crippen molar-refractivity contribution in [3.8, 4) is 5.75 Å². The van der Waals surface area contributed by atoms with Crippen molar-refractivity contribution in [1.29, 1.82) is 0 Å². The van der Waals surface area contributed by atoms with E-state index in [-0.39, 0.29) is 12.0 Å². The number of amides is 1. The Morgan fingerprint density at radius 2 is 1.94 bits per heavy atom. The van der Waals surface area contributed by atoms with Crippen molar-refractivity contribution in [2.45, 2.75) is 70.4 Å². The second-order valence-corrected chi connectivity index (χ2v) is 9.99. The maximum Gasteiger partial charge on any atom is 0.223 e. The number of carbonyl (C=O) groups excluding carboxylic acids is 1. The van der Waals surface area contributed by atoms with E-state index in [1.165, 1.54) is 38.5 Å². The van der Waals surface area contributed by atoms with Gasteiger partial charge < -0.3 is 19.3 Å². The molecular formula is C27H37N3O3. The van der Waals surface area contributed by atoms with Crippen LogP contribution in [-0.2, 0) is 16.1 Å². The molecule has 0 N–H and O–H groups in total. The molecule has 3 heterocycles. The van der Waals surface area contributed by atoms with Gasteiger partial charge in [0.1, 0.15) is 11.6 Å². The Bertz CT molecular complexity index is 960. The summed E-state index contributed by atoms with van der Waals surface area (Å²) in [6.07, 6.45) is 10.3. The number of anilines is 1. The molecule has 1 atom stereocenters. The number of ether oxygens (including phenoxy) is 2. The minimum absolute atomic E-state index is 0.158. The number of hydrogen-bond donors (Lipinski definition) is 0. The Labute approximate surface area is 197 Å². The third-order valence-corrected chi connectivity index (χ3v) is 7.59. The van der Waals surface area contributed by atoms with Crippen LogP contribution < -0.4 is 9.64 Å². The molecule has 6 heteroatoms. The van der Waals surface area contributed by atoms with E-state index in [4.69, 9.17) is 14.5 Å². The molecule has 6 nitrogen and oxygen atoms in total. The van der Waals surface area contributed by atoms with E-state index in [1.54, 1.807) is 7.11 Å². The highest BCUT2D eigenvalue weighted by atomic mass is 16.5. The van der Waals surface area contributed by atoms with Crippen molar-refractivity contribution in [2.24, 2.45) is 5.92 Å². The lowest BCUT2D eigenvalue weighted by atomic mass is 10.0. The summed E-state index contributed by atoms with van der Waals surface area (Å²) in [6, 6.07) is 8.30. The fourth-order valence-electron chi connectivity index (χ4n) is 5.71. The number of pyridine rings is 1. The zero-order valence-corrected chi connectivity index (χ0v) is 19.9. The molecule has 1 aromatic carbocycles. The predicted octanol–water partition coefficient (Wildman–Crippen LogP) is 4.93. The maximum atomic E-state index is 13.5. The molecule has 0 unspecified atom stereocenters. The van der Waals surface area contributed by atoms with Gasteiger partial charge in [0, 0.05) is 56.2 Å². The van der Waals surface area contributed by atoms with Gasteiger partial charge >= 0.3 is 0 Å². The fraction of sp³-hybridized carbons (Fsp3) is 0.630. The van der Waals surface area contributed by atoms with Crippen LogP contribution in [-0.4, -0.2) is 55.2 Å². The highest BCUT2D eigenvalue weighted by Crippen LogP contribution is 2.32. The first-order chi connectivity index (χ1) is 16.2. The molecule has 178 valence electrons. The van der Waals surface area contributed by atoms with E-state index in [9.17, 15) is 4.79 Å². The van der Waals surface area contributed by atoms with E-state index in [0.717, 1.165) is 60.6 Å². The monoisotopic (exact) mass is 451 g/mol. The van der Waals surface area contributed by atoms with Gasteiger partial charge in [-0.1, -0.05) is 12.8 Å². The number of methoxy groups -OCH3 is 1. The molecule has 1 aliphatic carbocycles. The molecule has 1 aromatic heterocycles. The molecule has 1 saturated carbocycles. The van der Waals surface area contributed by atoms with Gasteiger partial charge in [-0.2, -0.15) is 0 Å². The summed E-state index contributed by atoms with van der Waals surface area (Å²) >= 11 is 0. The van der Waals surface area contributed by atoms with Crippen molar-refractivity contribution in [2.75, 3.05) is 38.3 Å². The predicted molar refractivity (Wildman–Crippen MR) is 131 cm³/mol. The summed E-state index contributed by atoms with van der Waals surface area (Å²) in [5.41, 5.74) is 2.09. The van der Waals surface area contributed by atoms with Gasteiger partial charge in [0.15, 0.2) is 0 Å². The molecule has 0 radical (unpaired) electrons. The third-order valence-electron chi connectivity index (χ3n) is 7.59. The standard InChI is InChI=1S/C27H37N3O3/c1-32-23-11-10-21-16-22(27(28-25(21)17-23)29-12-4-5-13-29)18-30(19-24-9-6-14-33-24)26(31)15-20-7-2-3-8-20/h10-11,16-17,20,24H,2-9,12-15,18-19H2,1H3/t24-/m1/s1. The molecular weight excluding hydrogens is 414 g/mol. The summed E-state index contributed by atoms with van der Waals surface area (Å²) in [6.45, 7) is 4.15. The number of rotatable bonds is 8. The normalized spacial score (nSPS) is 21.2. The number of nitrogens with zero attached hydrogens (tertiary/aromatic N) is 3. The van der Waals surface area contributed by atoms with E-state index < -0.39 is 0 Å². The zero-order valence-electron chi connectivity index (χ0n) is 19.9. The summed E-state index contributed by atoms with van der Waals surface area (Å²) in [4.78, 5) is 23.0. The van der Waals surface area contributed by atoms with Crippen molar-refractivity contribution in [1.82, 2.24) is 9.88 Å². The van der Waals surface area contributed by atoms with E-state index in [2.05, 4.69) is 21.9 Å². The SMILES string of the molecule is COc1ccc2cc(CN(C[C@H]3CCCO3)C(=O)CC3CCCC3)c(N3CCCC3)nc2c1. The molecule has 2 aromatic rings. The summed E-state index contributed by atoms with van der Waals surface area (Å²) in [5.74, 6) is 2.67. The van der Waals surface area contributed by atoms with Crippen molar-refractivity contribution >= 4 is 22.6 Å². The van der Waals surface area contributed by atoms with Gasteiger partial charge in [-0.3, -0.25) is 4.79 Å². The van der Waals surface area contributed by atoms with Crippen LogP contribution in [0.25, 0.3) is 10.9 Å². The van der Waals surface area contributed by atoms with E-state index >= 15 is 0 Å². The first-order valence-corrected chi connectivity index (χ1v) is 12.8. The molecule has 0 spiro atoms. The lowest BCUT2D eigenvalue weighted by molar-refractivity contribution is -0.134. The Morgan fingerprint density at radius 1 is 1.12 bits per heavy atom. The zero-order chi connectivity index (χ0) is 22.6. The molecule has 2 saturated heterocycles. The average molecular weight is 452 g/mol. The molecule has 3 aliphatic rings. The summed E-state index contributed by atoms with van der Waals surface area (Å²) in [5, 5.41) is 1.09. The van der Waals surface area contributed by atoms with Crippen molar-refractivity contribution in [3.63, 3.8) is 0 Å². The van der Waals surface area contributed by atoms with Gasteiger partial charge in [0.25, 0.3) is 0 Å². The number of hydrogen-bond acceptors (Lipinski definition) is 5. The van der Waals surface area contributed by atoms with Crippen LogP contribution in [0.5, 0.6) is 5.75 Å². The Kier molecular flexibility index (Phi) is 7.00. The molecule has 3 fully saturated rings. The van der Waals surface area contributed by atoms with Gasteiger partial charge in [0.2, 0.25) is 5.91 Å². The van der Waals surface area contributed by atoms with Crippen LogP contribution >= 0.6 is 0 Å². The average Bonchev–Trinajstić information content (AvgIpc) is 3.62. The highest BCUT2D eigenvalue weighted by molar-refractivity contribution is 5.84. The van der Waals surface area contributed by atoms with Gasteiger partial charge in [-0.05, 0) is 62.6 Å². The number of fused-ring (bicyclic) bond motifs is 1. The number of benzene rings is 1. The molecule has 0 bridgehead atoms. The quantitative estimate of drug-likeness (QED) is 0.570. The molecule has 33 heavy (non-hydrogen) atoms. The van der Waals surface area contributed by atoms with E-state index in [0.29, 0.717) is 25.4 Å². The summed E-state index contributed by atoms with van der Waals surface area (Å²) < 4.78 is 11.4. The Hall–Kier alpha value is -2.34. The topological polar surface area (TPSA) is 54.9 Å². The number of aromatic nitrogens is 1. The largest absolute Gasteiger partial charge is 0.497 e. The first kappa shape index (κ1) is 22.5. The van der Waals surface area contributed by atoms with E-state index in [1.807, 2.05) is 12.1 Å². The van der Waals surface area contributed by atoms with Crippen LogP contribution in [0, 0.1) is 5.92 Å². The lowest BCUT2D eigenvalue weighted by Gasteiger charge is -2.29. The van der Waals surface area contributed by atoms with Crippen molar-refractivity contribution in [3.05, 3.63) is 29.8 Å². The highest BCUT2D eigenvalue weighted by Gasteiger charge is 2.28. The Balaban J connectivity index is 1.45. The maximum absolute atomic E-state index is 13.5. The third kappa shape index (κ3) is 5.26. The smallest absolute Gasteiger partial charge is 0.223 e. The van der Waals surface area contributed by atoms with Crippen LogP contribution in [0.3, 0.4) is 0 Å². The van der Waals surface area contributed by atoms with Gasteiger partial charge in [0.05, 0.1) is 18.7 Å². The second-order valence-electron chi connectivity index (χ2n) is 9.99. The minimum Gasteiger partial charge on any atom is -0.497 e. The minimum atomic E-state index is 0.158. The number of carbonyl (C=O) groups is 1. The molecule has 2 aliphatic heterocycles. The molecule has 1 amide bonds. The van der Waals surface area contributed by atoms with Gasteiger partial charge in [-0.15, -0.1) is 0 Å². The second kappa shape index (κ2) is 10.3. The van der Waals surface area contributed by atoms with Crippen LogP contribution in [0.1, 0.15) is 63.4 Å².